The molecule has 0 aliphatic carbocycles. The molecule has 10 heteroatoms. The molecule has 1 atom stereocenters. The lowest BCUT2D eigenvalue weighted by Crippen LogP contribution is -2.31. The minimum Gasteiger partial charge on any atom is -0.350 e. The van der Waals surface area contributed by atoms with Gasteiger partial charge in [-0.05, 0) is 61.4 Å². The van der Waals surface area contributed by atoms with Crippen molar-refractivity contribution in [1.29, 1.82) is 0 Å². The molecule has 4 aromatic rings. The highest BCUT2D eigenvalue weighted by molar-refractivity contribution is 7.98. The zero-order chi connectivity index (χ0) is 25.7. The van der Waals surface area contributed by atoms with E-state index >= 15 is 0 Å². The molecule has 0 fully saturated rings. The second-order valence-corrected chi connectivity index (χ2v) is 9.15. The summed E-state index contributed by atoms with van der Waals surface area (Å²) in [6, 6.07) is 15.9. The Labute approximate surface area is 211 Å². The number of carbonyl (C=O) groups excluding carboxylic acids is 1. The largest absolute Gasteiger partial charge is 0.416 e. The van der Waals surface area contributed by atoms with E-state index in [1.807, 2.05) is 19.9 Å². The van der Waals surface area contributed by atoms with E-state index in [2.05, 4.69) is 20.5 Å². The van der Waals surface area contributed by atoms with Gasteiger partial charge in [-0.15, -0.1) is 10.2 Å². The summed E-state index contributed by atoms with van der Waals surface area (Å²) in [4.78, 5) is 16.6. The Morgan fingerprint density at radius 2 is 1.89 bits per heavy atom. The number of alkyl halides is 3. The third-order valence-corrected chi connectivity index (χ3v) is 6.53. The van der Waals surface area contributed by atoms with Gasteiger partial charge in [0.05, 0.1) is 11.3 Å². The minimum atomic E-state index is -4.48. The fourth-order valence-corrected chi connectivity index (χ4v) is 4.35. The van der Waals surface area contributed by atoms with Crippen molar-refractivity contribution in [3.63, 3.8) is 0 Å². The molecule has 6 nitrogen and oxygen atoms in total. The summed E-state index contributed by atoms with van der Waals surface area (Å²) in [5.41, 5.74) is 1.57. The second-order valence-electron chi connectivity index (χ2n) is 8.20. The summed E-state index contributed by atoms with van der Waals surface area (Å²) in [5.74, 6) is 0.669. The summed E-state index contributed by atoms with van der Waals surface area (Å²) in [6.07, 6.45) is -0.468. The Hall–Kier alpha value is -3.66. The zero-order valence-corrected chi connectivity index (χ0v) is 20.5. The standard InChI is InChI=1S/C26H24F3N5OS/c1-3-17(2)31-24(35)19-8-4-7-18(13-19)16-36-25-33-32-23(20-9-6-12-30-15-20)34(25)22-11-5-10-21(14-22)26(27,28)29/h4-15,17H,3,16H2,1-2H3,(H,31,35)/t17-/m0/s1. The monoisotopic (exact) mass is 511 g/mol. The number of halogens is 3. The molecule has 0 unspecified atom stereocenters. The minimum absolute atomic E-state index is 0.0624. The third-order valence-electron chi connectivity index (χ3n) is 5.53. The van der Waals surface area contributed by atoms with Crippen molar-refractivity contribution in [2.45, 2.75) is 43.4 Å². The van der Waals surface area contributed by atoms with Gasteiger partial charge in [0.1, 0.15) is 0 Å². The second kappa shape index (κ2) is 10.9. The molecule has 0 spiro atoms. The maximum absolute atomic E-state index is 13.4. The first kappa shape index (κ1) is 25.4. The van der Waals surface area contributed by atoms with Gasteiger partial charge in [0.2, 0.25) is 0 Å². The Bertz CT molecular complexity index is 1340. The summed E-state index contributed by atoms with van der Waals surface area (Å²) >= 11 is 1.32. The van der Waals surface area contributed by atoms with Crippen LogP contribution in [-0.2, 0) is 11.9 Å². The third kappa shape index (κ3) is 5.93. The van der Waals surface area contributed by atoms with Crippen LogP contribution in [0.1, 0.15) is 41.8 Å². The first-order valence-electron chi connectivity index (χ1n) is 11.3. The summed E-state index contributed by atoms with van der Waals surface area (Å²) in [6.45, 7) is 3.94. The van der Waals surface area contributed by atoms with Crippen LogP contribution < -0.4 is 5.32 Å². The number of benzene rings is 2. The smallest absolute Gasteiger partial charge is 0.350 e. The van der Waals surface area contributed by atoms with Gasteiger partial charge in [-0.25, -0.2) is 0 Å². The molecule has 0 aliphatic rings. The van der Waals surface area contributed by atoms with E-state index in [9.17, 15) is 18.0 Å². The number of carbonyl (C=O) groups is 1. The van der Waals surface area contributed by atoms with Crippen molar-refractivity contribution in [2.24, 2.45) is 0 Å². The molecule has 36 heavy (non-hydrogen) atoms. The lowest BCUT2D eigenvalue weighted by Gasteiger charge is -2.13. The van der Waals surface area contributed by atoms with Crippen molar-refractivity contribution in [1.82, 2.24) is 25.1 Å². The number of nitrogens with zero attached hydrogens (tertiary/aromatic N) is 4. The predicted octanol–water partition coefficient (Wildman–Crippen LogP) is 6.17. The van der Waals surface area contributed by atoms with E-state index in [4.69, 9.17) is 0 Å². The molecule has 0 radical (unpaired) electrons. The molecular formula is C26H24F3N5OS. The van der Waals surface area contributed by atoms with Gasteiger partial charge in [-0.3, -0.25) is 14.3 Å². The number of hydrogen-bond donors (Lipinski definition) is 1. The lowest BCUT2D eigenvalue weighted by molar-refractivity contribution is -0.137. The quantitative estimate of drug-likeness (QED) is 0.287. The van der Waals surface area contributed by atoms with Crippen LogP contribution in [0.4, 0.5) is 13.2 Å². The molecule has 0 saturated heterocycles. The van der Waals surface area contributed by atoms with Crippen molar-refractivity contribution in [2.75, 3.05) is 0 Å². The van der Waals surface area contributed by atoms with Gasteiger partial charge in [0.25, 0.3) is 5.91 Å². The molecular weight excluding hydrogens is 487 g/mol. The highest BCUT2D eigenvalue weighted by atomic mass is 32.2. The van der Waals surface area contributed by atoms with Crippen LogP contribution in [0.3, 0.4) is 0 Å². The average molecular weight is 512 g/mol. The summed E-state index contributed by atoms with van der Waals surface area (Å²) in [7, 11) is 0. The van der Waals surface area contributed by atoms with Gasteiger partial charge in [-0.1, -0.05) is 36.9 Å². The van der Waals surface area contributed by atoms with Crippen molar-refractivity contribution in [3.8, 4) is 17.1 Å². The number of aromatic nitrogens is 4. The maximum Gasteiger partial charge on any atom is 0.416 e. The van der Waals surface area contributed by atoms with E-state index < -0.39 is 11.7 Å². The Balaban J connectivity index is 1.66. The molecule has 0 aliphatic heterocycles. The number of nitrogens with one attached hydrogen (secondary N) is 1. The zero-order valence-electron chi connectivity index (χ0n) is 19.7. The number of thioether (sulfide) groups is 1. The molecule has 0 bridgehead atoms. The Morgan fingerprint density at radius 1 is 1.08 bits per heavy atom. The fraction of sp³-hybridized carbons (Fsp3) is 0.231. The van der Waals surface area contributed by atoms with E-state index in [0.717, 1.165) is 24.1 Å². The first-order valence-corrected chi connectivity index (χ1v) is 12.3. The van der Waals surface area contributed by atoms with Gasteiger partial charge >= 0.3 is 6.18 Å². The molecule has 2 heterocycles. The normalized spacial score (nSPS) is 12.4. The van der Waals surface area contributed by atoms with Crippen LogP contribution in [0.2, 0.25) is 0 Å². The Morgan fingerprint density at radius 3 is 2.61 bits per heavy atom. The predicted molar refractivity (Wildman–Crippen MR) is 133 cm³/mol. The highest BCUT2D eigenvalue weighted by Gasteiger charge is 2.31. The molecule has 1 amide bonds. The van der Waals surface area contributed by atoms with E-state index in [1.54, 1.807) is 53.4 Å². The SMILES string of the molecule is CC[C@H](C)NC(=O)c1cccc(CSc2nnc(-c3cccnc3)n2-c2cccc(C(F)(F)F)c2)c1. The van der Waals surface area contributed by atoms with Crippen LogP contribution in [-0.4, -0.2) is 31.7 Å². The van der Waals surface area contributed by atoms with Gasteiger partial charge in [0.15, 0.2) is 11.0 Å². The van der Waals surface area contributed by atoms with Gasteiger partial charge in [0, 0.05) is 35.3 Å². The summed E-state index contributed by atoms with van der Waals surface area (Å²) < 4.78 is 41.9. The molecule has 2 aromatic carbocycles. The van der Waals surface area contributed by atoms with Crippen molar-refractivity contribution < 1.29 is 18.0 Å². The highest BCUT2D eigenvalue weighted by Crippen LogP contribution is 2.34. The number of rotatable bonds is 8. The van der Waals surface area contributed by atoms with Gasteiger partial charge in [-0.2, -0.15) is 13.2 Å². The summed E-state index contributed by atoms with van der Waals surface area (Å²) in [5, 5.41) is 11.9. The Kier molecular flexibility index (Phi) is 7.73. The maximum atomic E-state index is 13.4. The van der Waals surface area contributed by atoms with Crippen LogP contribution in [0.5, 0.6) is 0 Å². The molecule has 2 aromatic heterocycles. The van der Waals surface area contributed by atoms with Gasteiger partial charge < -0.3 is 5.32 Å². The van der Waals surface area contributed by atoms with E-state index in [0.29, 0.717) is 27.9 Å². The van der Waals surface area contributed by atoms with Crippen LogP contribution >= 0.6 is 11.8 Å². The number of pyridine rings is 1. The van der Waals surface area contributed by atoms with Crippen LogP contribution in [0.25, 0.3) is 17.1 Å². The van der Waals surface area contributed by atoms with E-state index in [-0.39, 0.29) is 17.6 Å². The molecule has 4 rings (SSSR count). The van der Waals surface area contributed by atoms with Crippen molar-refractivity contribution in [3.05, 3.63) is 89.7 Å². The lowest BCUT2D eigenvalue weighted by atomic mass is 10.1. The van der Waals surface area contributed by atoms with E-state index in [1.165, 1.54) is 17.8 Å². The fourth-order valence-electron chi connectivity index (χ4n) is 3.46. The number of hydrogen-bond acceptors (Lipinski definition) is 5. The number of amides is 1. The average Bonchev–Trinajstić information content (AvgIpc) is 3.31. The molecule has 1 N–H and O–H groups in total. The van der Waals surface area contributed by atoms with Crippen molar-refractivity contribution >= 4 is 17.7 Å². The van der Waals surface area contributed by atoms with Crippen LogP contribution in [0, 0.1) is 0 Å². The first-order chi connectivity index (χ1) is 17.3. The molecule has 186 valence electrons. The van der Waals surface area contributed by atoms with Crippen LogP contribution in [0.15, 0.2) is 78.2 Å². The topological polar surface area (TPSA) is 72.7 Å². The molecule has 0 saturated carbocycles.